The van der Waals surface area contributed by atoms with Crippen LogP contribution in [0.4, 0.5) is 30.7 Å². The number of halogens is 7. The van der Waals surface area contributed by atoms with Gasteiger partial charge in [0.05, 0.1) is 17.7 Å². The first-order valence-corrected chi connectivity index (χ1v) is 11.6. The lowest BCUT2D eigenvalue weighted by Crippen LogP contribution is -2.34. The fourth-order valence-corrected chi connectivity index (χ4v) is 4.90. The van der Waals surface area contributed by atoms with Gasteiger partial charge in [-0.3, -0.25) is 4.79 Å². The van der Waals surface area contributed by atoms with E-state index in [1.54, 1.807) is 0 Å². The van der Waals surface area contributed by atoms with Gasteiger partial charge in [0.2, 0.25) is 5.91 Å². The SMILES string of the molecule is O=C1NC(C2CCCC2c2ccc(F)cc2)CC1O.O=NCCc1cc(C(F)(F)F)cc(C(F)(F)F)c1. The fourth-order valence-electron chi connectivity index (χ4n) is 4.90. The average molecular weight is 534 g/mol. The minimum atomic E-state index is -4.87. The van der Waals surface area contributed by atoms with E-state index in [0.717, 1.165) is 24.8 Å². The summed E-state index contributed by atoms with van der Waals surface area (Å²) in [7, 11) is 0. The van der Waals surface area contributed by atoms with E-state index >= 15 is 0 Å². The van der Waals surface area contributed by atoms with Crippen molar-refractivity contribution in [2.75, 3.05) is 6.54 Å². The van der Waals surface area contributed by atoms with E-state index in [2.05, 4.69) is 10.5 Å². The molecule has 1 aliphatic heterocycles. The molecule has 0 spiro atoms. The van der Waals surface area contributed by atoms with Gasteiger partial charge in [-0.25, -0.2) is 4.39 Å². The van der Waals surface area contributed by atoms with E-state index in [4.69, 9.17) is 0 Å². The van der Waals surface area contributed by atoms with Crippen LogP contribution in [0.5, 0.6) is 0 Å². The van der Waals surface area contributed by atoms with Gasteiger partial charge in [-0.1, -0.05) is 23.7 Å². The van der Waals surface area contributed by atoms with Crippen LogP contribution < -0.4 is 5.32 Å². The van der Waals surface area contributed by atoms with Crippen molar-refractivity contribution in [2.45, 2.75) is 62.5 Å². The summed E-state index contributed by atoms with van der Waals surface area (Å²) >= 11 is 0. The van der Waals surface area contributed by atoms with Crippen molar-refractivity contribution in [3.05, 3.63) is 75.4 Å². The number of hydrogen-bond acceptors (Lipinski definition) is 4. The van der Waals surface area contributed by atoms with Gasteiger partial charge in [-0.2, -0.15) is 31.2 Å². The third-order valence-corrected chi connectivity index (χ3v) is 6.63. The number of aliphatic hydroxyl groups excluding tert-OH is 1. The van der Waals surface area contributed by atoms with Gasteiger partial charge < -0.3 is 10.4 Å². The summed E-state index contributed by atoms with van der Waals surface area (Å²) in [6.07, 6.45) is -7.12. The maximum atomic E-state index is 13.0. The second-order valence-electron chi connectivity index (χ2n) is 9.14. The van der Waals surface area contributed by atoms with Gasteiger partial charge in [-0.05, 0) is 72.6 Å². The molecule has 0 aromatic heterocycles. The highest BCUT2D eigenvalue weighted by atomic mass is 19.4. The van der Waals surface area contributed by atoms with Crippen LogP contribution in [0.15, 0.2) is 47.6 Å². The third-order valence-electron chi connectivity index (χ3n) is 6.63. The molecule has 2 aliphatic rings. The molecule has 4 rings (SSSR count). The molecule has 1 amide bonds. The predicted octanol–water partition coefficient (Wildman–Crippen LogP) is 5.99. The number of benzene rings is 2. The fraction of sp³-hybridized carbons (Fsp3) is 0.480. The Bertz CT molecular complexity index is 1050. The highest BCUT2D eigenvalue weighted by Gasteiger charge is 2.41. The molecule has 37 heavy (non-hydrogen) atoms. The zero-order valence-electron chi connectivity index (χ0n) is 19.5. The summed E-state index contributed by atoms with van der Waals surface area (Å²) in [6, 6.07) is 7.93. The molecular weight excluding hydrogens is 509 g/mol. The van der Waals surface area contributed by atoms with Crippen molar-refractivity contribution >= 4 is 5.91 Å². The van der Waals surface area contributed by atoms with Crippen molar-refractivity contribution in [2.24, 2.45) is 11.1 Å². The number of aliphatic hydroxyl groups is 1. The first-order valence-electron chi connectivity index (χ1n) is 11.6. The third kappa shape index (κ3) is 7.50. The molecule has 12 heteroatoms. The van der Waals surface area contributed by atoms with Gasteiger partial charge in [0.25, 0.3) is 0 Å². The van der Waals surface area contributed by atoms with Gasteiger partial charge in [0.15, 0.2) is 0 Å². The van der Waals surface area contributed by atoms with Crippen molar-refractivity contribution in [3.63, 3.8) is 0 Å². The Labute approximate surface area is 208 Å². The minimum absolute atomic E-state index is 0.0395. The summed E-state index contributed by atoms with van der Waals surface area (Å²) in [4.78, 5) is 21.3. The average Bonchev–Trinajstić information content (AvgIpc) is 3.44. The van der Waals surface area contributed by atoms with E-state index in [-0.39, 0.29) is 42.4 Å². The van der Waals surface area contributed by atoms with Crippen LogP contribution in [0.3, 0.4) is 0 Å². The van der Waals surface area contributed by atoms with Crippen LogP contribution in [-0.4, -0.2) is 29.7 Å². The molecule has 4 unspecified atom stereocenters. The Balaban J connectivity index is 0.000000206. The molecule has 5 nitrogen and oxygen atoms in total. The predicted molar refractivity (Wildman–Crippen MR) is 120 cm³/mol. The number of carbonyl (C=O) groups excluding carboxylic acids is 1. The van der Waals surface area contributed by atoms with Crippen molar-refractivity contribution in [1.82, 2.24) is 5.32 Å². The monoisotopic (exact) mass is 534 g/mol. The molecule has 1 saturated carbocycles. The maximum absolute atomic E-state index is 13.0. The Hall–Kier alpha value is -3.02. The number of nitroso groups, excluding NO2 is 1. The van der Waals surface area contributed by atoms with E-state index < -0.39 is 29.6 Å². The Kier molecular flexibility index (Phi) is 8.93. The molecule has 0 bridgehead atoms. The van der Waals surface area contributed by atoms with E-state index in [0.29, 0.717) is 30.4 Å². The molecule has 0 radical (unpaired) electrons. The lowest BCUT2D eigenvalue weighted by Gasteiger charge is -2.25. The highest BCUT2D eigenvalue weighted by Crippen LogP contribution is 2.43. The molecule has 1 aliphatic carbocycles. The van der Waals surface area contributed by atoms with Crippen molar-refractivity contribution in [3.8, 4) is 0 Å². The minimum Gasteiger partial charge on any atom is -0.383 e. The quantitative estimate of drug-likeness (QED) is 0.365. The number of rotatable bonds is 5. The number of amides is 1. The van der Waals surface area contributed by atoms with Crippen LogP contribution in [0.1, 0.15) is 53.9 Å². The maximum Gasteiger partial charge on any atom is 0.416 e. The first-order chi connectivity index (χ1) is 17.3. The Morgan fingerprint density at radius 1 is 0.946 bits per heavy atom. The summed E-state index contributed by atoms with van der Waals surface area (Å²) in [5, 5.41) is 14.9. The molecule has 2 aromatic carbocycles. The van der Waals surface area contributed by atoms with Crippen molar-refractivity contribution < 1.29 is 40.6 Å². The standard InChI is InChI=1S/C15H18FNO2.C10H7F6NO/c16-10-6-4-9(5-7-10)11-2-1-3-12(11)13-8-14(18)15(19)17-13;11-9(12,13)7-3-6(1-2-17-18)4-8(5-7)10(14,15)16/h4-7,11-14,18H,1-3,8H2,(H,17,19);3-5H,1-2H2. The molecule has 1 heterocycles. The van der Waals surface area contributed by atoms with Crippen LogP contribution in [0.25, 0.3) is 0 Å². The van der Waals surface area contributed by atoms with E-state index in [1.807, 2.05) is 12.1 Å². The Morgan fingerprint density at radius 3 is 2.03 bits per heavy atom. The lowest BCUT2D eigenvalue weighted by molar-refractivity contribution is -0.143. The summed E-state index contributed by atoms with van der Waals surface area (Å²) < 4.78 is 87.4. The van der Waals surface area contributed by atoms with Crippen LogP contribution >= 0.6 is 0 Å². The van der Waals surface area contributed by atoms with Gasteiger partial charge >= 0.3 is 12.4 Å². The smallest absolute Gasteiger partial charge is 0.383 e. The molecule has 2 aromatic rings. The lowest BCUT2D eigenvalue weighted by atomic mass is 9.83. The number of carbonyl (C=O) groups is 1. The van der Waals surface area contributed by atoms with E-state index in [9.17, 15) is 45.5 Å². The molecule has 202 valence electrons. The van der Waals surface area contributed by atoms with Crippen LogP contribution in [-0.2, 0) is 23.6 Å². The number of nitrogens with zero attached hydrogens (tertiary/aromatic N) is 1. The zero-order valence-corrected chi connectivity index (χ0v) is 19.5. The zero-order chi connectivity index (χ0) is 27.4. The van der Waals surface area contributed by atoms with Crippen molar-refractivity contribution in [1.29, 1.82) is 0 Å². The summed E-state index contributed by atoms with van der Waals surface area (Å²) in [5.41, 5.74) is -1.87. The van der Waals surface area contributed by atoms with Crippen LogP contribution in [0.2, 0.25) is 0 Å². The molecule has 4 atom stereocenters. The van der Waals surface area contributed by atoms with Crippen LogP contribution in [0, 0.1) is 16.6 Å². The van der Waals surface area contributed by atoms with E-state index in [1.165, 1.54) is 12.1 Å². The van der Waals surface area contributed by atoms with Gasteiger partial charge in [0, 0.05) is 12.5 Å². The second kappa shape index (κ2) is 11.6. The number of hydrogen-bond donors (Lipinski definition) is 2. The molecular formula is C25H25F7N2O3. The van der Waals surface area contributed by atoms with Gasteiger partial charge in [0.1, 0.15) is 11.9 Å². The topological polar surface area (TPSA) is 78.8 Å². The molecule has 2 fully saturated rings. The summed E-state index contributed by atoms with van der Waals surface area (Å²) in [5.74, 6) is 0.236. The number of alkyl halides is 6. The largest absolute Gasteiger partial charge is 0.416 e. The first kappa shape index (κ1) is 28.5. The van der Waals surface area contributed by atoms with Gasteiger partial charge in [-0.15, -0.1) is 0 Å². The highest BCUT2D eigenvalue weighted by molar-refractivity contribution is 5.83. The summed E-state index contributed by atoms with van der Waals surface area (Å²) in [6.45, 7) is -0.376. The number of nitrogens with one attached hydrogen (secondary N) is 1. The normalized spacial score (nSPS) is 23.8. The molecule has 2 N–H and O–H groups in total. The second-order valence-corrected chi connectivity index (χ2v) is 9.14. The Morgan fingerprint density at radius 2 is 1.54 bits per heavy atom. The molecule has 1 saturated heterocycles.